The molecule has 5 heteroatoms. The molecule has 1 aromatic heterocycles. The van der Waals surface area contributed by atoms with E-state index in [2.05, 4.69) is 15.6 Å². The Bertz CT molecular complexity index is 1120. The predicted molar refractivity (Wildman–Crippen MR) is 115 cm³/mol. The average molecular weight is 383 g/mol. The Labute approximate surface area is 169 Å². The van der Waals surface area contributed by atoms with E-state index in [9.17, 15) is 5.11 Å². The zero-order valence-corrected chi connectivity index (χ0v) is 15.7. The summed E-state index contributed by atoms with van der Waals surface area (Å²) in [4.78, 5) is 2.92. The Morgan fingerprint density at radius 3 is 2.31 bits per heavy atom. The maximum atomic E-state index is 10.4. The summed E-state index contributed by atoms with van der Waals surface area (Å²) in [6.45, 7) is 0.530. The Balaban J connectivity index is 1.43. The second-order valence-corrected chi connectivity index (χ2v) is 7.06. The van der Waals surface area contributed by atoms with E-state index < -0.39 is 0 Å². The Morgan fingerprint density at radius 1 is 0.793 bits per heavy atom. The minimum absolute atomic E-state index is 0.155. The van der Waals surface area contributed by atoms with Crippen LogP contribution in [0.2, 0.25) is 0 Å². The predicted octanol–water partition coefficient (Wildman–Crippen LogP) is 5.56. The van der Waals surface area contributed by atoms with Gasteiger partial charge < -0.3 is 25.5 Å². The molecule has 4 N–H and O–H groups in total. The van der Waals surface area contributed by atoms with Gasteiger partial charge in [-0.3, -0.25) is 0 Å². The highest BCUT2D eigenvalue weighted by Crippen LogP contribution is 2.43. The topological polar surface area (TPSA) is 69.3 Å². The van der Waals surface area contributed by atoms with Crippen molar-refractivity contribution in [3.05, 3.63) is 102 Å². The van der Waals surface area contributed by atoms with Crippen LogP contribution < -0.4 is 15.4 Å². The summed E-state index contributed by atoms with van der Waals surface area (Å²) in [6, 6.07) is 25.9. The van der Waals surface area contributed by atoms with Gasteiger partial charge in [0.05, 0.1) is 28.7 Å². The quantitative estimate of drug-likeness (QED) is 0.372. The summed E-state index contributed by atoms with van der Waals surface area (Å²) in [5.41, 5.74) is 5.77. The van der Waals surface area contributed by atoms with Gasteiger partial charge in [0.25, 0.3) is 0 Å². The molecule has 0 saturated carbocycles. The average Bonchev–Trinajstić information content (AvgIpc) is 3.03. The van der Waals surface area contributed by atoms with Gasteiger partial charge in [0.15, 0.2) is 5.88 Å². The van der Waals surface area contributed by atoms with Crippen LogP contribution in [-0.4, -0.2) is 10.1 Å². The van der Waals surface area contributed by atoms with Crippen LogP contribution in [-0.2, 0) is 6.61 Å². The van der Waals surface area contributed by atoms with Crippen LogP contribution in [0, 0.1) is 0 Å². The maximum absolute atomic E-state index is 10.4. The molecule has 0 amide bonds. The first-order valence-electron chi connectivity index (χ1n) is 9.57. The molecule has 0 aliphatic carbocycles. The van der Waals surface area contributed by atoms with Gasteiger partial charge in [0.2, 0.25) is 0 Å². The van der Waals surface area contributed by atoms with Crippen molar-refractivity contribution in [2.45, 2.75) is 12.6 Å². The van der Waals surface area contributed by atoms with Gasteiger partial charge in [0.1, 0.15) is 12.4 Å². The molecule has 0 radical (unpaired) electrons. The van der Waals surface area contributed by atoms with Gasteiger partial charge >= 0.3 is 0 Å². The smallest absolute Gasteiger partial charge is 0.196 e. The molecule has 0 bridgehead atoms. The fraction of sp³-hybridized carbons (Fsp3) is 0.0833. The van der Waals surface area contributed by atoms with Crippen LogP contribution in [0.3, 0.4) is 0 Å². The number of benzene rings is 3. The van der Waals surface area contributed by atoms with Crippen LogP contribution in [0.25, 0.3) is 0 Å². The van der Waals surface area contributed by atoms with Crippen molar-refractivity contribution in [3.8, 4) is 11.6 Å². The van der Waals surface area contributed by atoms with E-state index in [0.717, 1.165) is 39.5 Å². The van der Waals surface area contributed by atoms with E-state index in [1.54, 1.807) is 6.20 Å². The number of aromatic hydroxyl groups is 1. The molecular weight excluding hydrogens is 362 g/mol. The zero-order valence-electron chi connectivity index (χ0n) is 15.7. The van der Waals surface area contributed by atoms with Crippen molar-refractivity contribution in [1.82, 2.24) is 4.98 Å². The first-order valence-corrected chi connectivity index (χ1v) is 9.57. The van der Waals surface area contributed by atoms with Crippen LogP contribution in [0.1, 0.15) is 22.7 Å². The van der Waals surface area contributed by atoms with Crippen molar-refractivity contribution in [1.29, 1.82) is 0 Å². The second-order valence-electron chi connectivity index (χ2n) is 7.06. The highest BCUT2D eigenvalue weighted by molar-refractivity contribution is 5.80. The van der Waals surface area contributed by atoms with Gasteiger partial charge in [-0.15, -0.1) is 0 Å². The molecule has 0 fully saturated rings. The van der Waals surface area contributed by atoms with E-state index >= 15 is 0 Å². The number of ether oxygens (including phenoxy) is 1. The zero-order chi connectivity index (χ0) is 19.6. The largest absolute Gasteiger partial charge is 0.494 e. The highest BCUT2D eigenvalue weighted by atomic mass is 16.5. The Hall–Kier alpha value is -3.86. The molecule has 29 heavy (non-hydrogen) atoms. The van der Waals surface area contributed by atoms with E-state index in [1.807, 2.05) is 78.9 Å². The molecule has 1 atom stereocenters. The third-order valence-electron chi connectivity index (χ3n) is 5.15. The van der Waals surface area contributed by atoms with Crippen molar-refractivity contribution in [2.24, 2.45) is 0 Å². The van der Waals surface area contributed by atoms with E-state index in [-0.39, 0.29) is 11.9 Å². The van der Waals surface area contributed by atoms with Crippen LogP contribution >= 0.6 is 0 Å². The van der Waals surface area contributed by atoms with Gasteiger partial charge in [0, 0.05) is 6.20 Å². The third-order valence-corrected chi connectivity index (χ3v) is 5.15. The number of rotatable bonds is 4. The molecule has 1 unspecified atom stereocenters. The molecule has 2 heterocycles. The Kier molecular flexibility index (Phi) is 4.33. The summed E-state index contributed by atoms with van der Waals surface area (Å²) in [5, 5.41) is 17.4. The monoisotopic (exact) mass is 383 g/mol. The summed E-state index contributed by atoms with van der Waals surface area (Å²) in [5.74, 6) is 0.963. The van der Waals surface area contributed by atoms with Gasteiger partial charge in [-0.1, -0.05) is 54.6 Å². The van der Waals surface area contributed by atoms with Crippen molar-refractivity contribution >= 4 is 17.1 Å². The van der Waals surface area contributed by atoms with E-state index in [0.29, 0.717) is 6.61 Å². The molecule has 0 saturated heterocycles. The number of para-hydroxylation sites is 2. The van der Waals surface area contributed by atoms with Crippen molar-refractivity contribution < 1.29 is 9.84 Å². The maximum Gasteiger partial charge on any atom is 0.196 e. The molecule has 4 aromatic rings. The fourth-order valence-electron chi connectivity index (χ4n) is 3.66. The lowest BCUT2D eigenvalue weighted by molar-refractivity contribution is 0.306. The fourth-order valence-corrected chi connectivity index (χ4v) is 3.66. The first-order chi connectivity index (χ1) is 14.3. The van der Waals surface area contributed by atoms with Crippen molar-refractivity contribution in [3.63, 3.8) is 0 Å². The third kappa shape index (κ3) is 3.38. The van der Waals surface area contributed by atoms with Crippen molar-refractivity contribution in [2.75, 3.05) is 10.6 Å². The molecule has 5 rings (SSSR count). The molecule has 1 aliphatic heterocycles. The minimum Gasteiger partial charge on any atom is -0.494 e. The lowest BCUT2D eigenvalue weighted by atomic mass is 9.99. The molecule has 1 aliphatic rings. The minimum atomic E-state index is -0.199. The lowest BCUT2D eigenvalue weighted by Crippen LogP contribution is -2.11. The number of aromatic nitrogens is 1. The van der Waals surface area contributed by atoms with E-state index in [1.165, 1.54) is 0 Å². The van der Waals surface area contributed by atoms with Gasteiger partial charge in [-0.25, -0.2) is 0 Å². The summed E-state index contributed by atoms with van der Waals surface area (Å²) >= 11 is 0. The van der Waals surface area contributed by atoms with E-state index in [4.69, 9.17) is 4.74 Å². The number of hydrogen-bond donors (Lipinski definition) is 4. The summed E-state index contributed by atoms with van der Waals surface area (Å²) in [6.07, 6.45) is 1.79. The highest BCUT2D eigenvalue weighted by Gasteiger charge is 2.27. The molecule has 5 nitrogen and oxygen atoms in total. The molecular formula is C24H21N3O2. The van der Waals surface area contributed by atoms with Crippen LogP contribution in [0.4, 0.5) is 17.1 Å². The molecule has 3 aromatic carbocycles. The van der Waals surface area contributed by atoms with Gasteiger partial charge in [-0.05, 0) is 35.4 Å². The number of H-pyrrole nitrogens is 1. The SMILES string of the molecule is Oc1[nH]cc2c1C(c1ccc(OCc3ccccc3)cc1)Nc1ccccc1N2. The second kappa shape index (κ2) is 7.28. The molecule has 0 spiro atoms. The Morgan fingerprint density at radius 2 is 1.52 bits per heavy atom. The molecule has 144 valence electrons. The van der Waals surface area contributed by atoms with Crippen LogP contribution in [0.15, 0.2) is 85.1 Å². The number of fused-ring (bicyclic) bond motifs is 2. The lowest BCUT2D eigenvalue weighted by Gasteiger charge is -2.19. The normalized spacial score (nSPS) is 14.7. The number of anilines is 3. The van der Waals surface area contributed by atoms with Gasteiger partial charge in [-0.2, -0.15) is 0 Å². The summed E-state index contributed by atoms with van der Waals surface area (Å²) in [7, 11) is 0. The number of hydrogen-bond acceptors (Lipinski definition) is 4. The standard InChI is InChI=1S/C24H21N3O2/c28-24-22-21(14-25-24)26-19-8-4-5-9-20(19)27-23(22)17-10-12-18(13-11-17)29-15-16-6-2-1-3-7-16/h1-14,23,25-28H,15H2. The number of aromatic amines is 1. The summed E-state index contributed by atoms with van der Waals surface area (Å²) < 4.78 is 5.91. The first kappa shape index (κ1) is 17.3. The van der Waals surface area contributed by atoms with Crippen LogP contribution in [0.5, 0.6) is 11.6 Å². The number of nitrogens with one attached hydrogen (secondary N) is 3.